The van der Waals surface area contributed by atoms with E-state index in [1.807, 2.05) is 13.0 Å². The van der Waals surface area contributed by atoms with Gasteiger partial charge in [0.2, 0.25) is 16.0 Å². The molecule has 0 amide bonds. The first-order chi connectivity index (χ1) is 19.5. The van der Waals surface area contributed by atoms with Gasteiger partial charge in [0.25, 0.3) is 5.92 Å². The quantitative estimate of drug-likeness (QED) is 0.411. The average Bonchev–Trinajstić information content (AvgIpc) is 3.48. The monoisotopic (exact) mass is 605 g/mol. The average molecular weight is 606 g/mol. The Labute approximate surface area is 241 Å². The van der Waals surface area contributed by atoms with E-state index >= 15 is 0 Å². The van der Waals surface area contributed by atoms with Crippen molar-refractivity contribution < 1.29 is 22.3 Å². The van der Waals surface area contributed by atoms with Crippen LogP contribution in [0.3, 0.4) is 0 Å². The topological polar surface area (TPSA) is 138 Å². The normalized spacial score (nSPS) is 20.8. The molecule has 6 rings (SSSR count). The van der Waals surface area contributed by atoms with Crippen molar-refractivity contribution in [2.24, 2.45) is 10.6 Å². The number of alkyl halides is 2. The Balaban J connectivity index is 1.33. The smallest absolute Gasteiger partial charge is 0.251 e. The lowest BCUT2D eigenvalue weighted by Gasteiger charge is -2.35. The summed E-state index contributed by atoms with van der Waals surface area (Å²) < 4.78 is 51.8. The summed E-state index contributed by atoms with van der Waals surface area (Å²) in [6.07, 6.45) is 4.19. The summed E-state index contributed by atoms with van der Waals surface area (Å²) in [5.74, 6) is -2.26. The molecule has 1 aromatic carbocycles. The van der Waals surface area contributed by atoms with Crippen molar-refractivity contribution in [1.82, 2.24) is 20.2 Å². The molecule has 1 atom stereocenters. The van der Waals surface area contributed by atoms with Gasteiger partial charge in [-0.3, -0.25) is 0 Å². The first kappa shape index (κ1) is 28.3. The Kier molecular flexibility index (Phi) is 7.23. The predicted molar refractivity (Wildman–Crippen MR) is 154 cm³/mol. The van der Waals surface area contributed by atoms with Crippen LogP contribution in [0.1, 0.15) is 55.0 Å². The molecule has 10 nitrogen and oxygen atoms in total. The van der Waals surface area contributed by atoms with Crippen LogP contribution >= 0.6 is 11.3 Å². The van der Waals surface area contributed by atoms with Crippen LogP contribution in [0, 0.1) is 12.3 Å². The van der Waals surface area contributed by atoms with Gasteiger partial charge in [0.1, 0.15) is 16.0 Å². The third kappa shape index (κ3) is 5.92. The molecule has 0 radical (unpaired) electrons. The predicted octanol–water partition coefficient (Wildman–Crippen LogP) is 3.91. The fourth-order valence-corrected chi connectivity index (χ4v) is 7.33. The van der Waals surface area contributed by atoms with Gasteiger partial charge >= 0.3 is 0 Å². The molecule has 3 fully saturated rings. The number of sulfonamides is 1. The molecule has 3 aliphatic rings. The van der Waals surface area contributed by atoms with Gasteiger partial charge in [-0.2, -0.15) is 0 Å². The summed E-state index contributed by atoms with van der Waals surface area (Å²) in [7, 11) is -4.01. The molecule has 2 aliphatic heterocycles. The molecule has 0 bridgehead atoms. The van der Waals surface area contributed by atoms with Crippen molar-refractivity contribution in [3.63, 3.8) is 0 Å². The van der Waals surface area contributed by atoms with Crippen molar-refractivity contribution in [1.29, 1.82) is 0 Å². The van der Waals surface area contributed by atoms with E-state index in [0.29, 0.717) is 38.3 Å². The SMILES string of the molecule is Cc1cc(-c2nnc(-c3ccc(C(CO)S(N)(=O)=O)cc3N3CCC4(CC3)CC4)s2)nc(N2CCC(F)(F)CC2)n1. The zero-order valence-electron chi connectivity index (χ0n) is 22.8. The number of benzene rings is 1. The van der Waals surface area contributed by atoms with Crippen LogP contribution in [-0.4, -0.2) is 72.4 Å². The molecular formula is C27H33F2N7O3S2. The Morgan fingerprint density at radius 1 is 0.976 bits per heavy atom. The second-order valence-electron chi connectivity index (χ2n) is 11.5. The summed E-state index contributed by atoms with van der Waals surface area (Å²) in [5, 5.41) is 24.1. The summed E-state index contributed by atoms with van der Waals surface area (Å²) in [4.78, 5) is 13.2. The number of aliphatic hydroxyl groups is 1. The highest BCUT2D eigenvalue weighted by molar-refractivity contribution is 7.89. The van der Waals surface area contributed by atoms with E-state index in [0.717, 1.165) is 37.2 Å². The van der Waals surface area contributed by atoms with E-state index in [2.05, 4.69) is 25.1 Å². The fourth-order valence-electron chi connectivity index (χ4n) is 5.76. The van der Waals surface area contributed by atoms with Crippen LogP contribution in [0.4, 0.5) is 20.4 Å². The summed E-state index contributed by atoms with van der Waals surface area (Å²) in [6, 6.07) is 7.07. The van der Waals surface area contributed by atoms with Crippen molar-refractivity contribution in [2.75, 3.05) is 42.6 Å². The van der Waals surface area contributed by atoms with Crippen LogP contribution in [-0.2, 0) is 10.0 Å². The van der Waals surface area contributed by atoms with Crippen LogP contribution in [0.2, 0.25) is 0 Å². The highest BCUT2D eigenvalue weighted by atomic mass is 32.2. The lowest BCUT2D eigenvalue weighted by atomic mass is 9.92. The van der Waals surface area contributed by atoms with Crippen LogP contribution < -0.4 is 14.9 Å². The largest absolute Gasteiger partial charge is 0.395 e. The molecule has 1 spiro atoms. The number of primary sulfonamides is 1. The number of halogens is 2. The lowest BCUT2D eigenvalue weighted by Crippen LogP contribution is -2.40. The molecular weight excluding hydrogens is 572 g/mol. The summed E-state index contributed by atoms with van der Waals surface area (Å²) in [5.41, 5.74) is 3.77. The first-order valence-electron chi connectivity index (χ1n) is 13.8. The standard InChI is InChI=1S/C27H33F2N7O3S2/c1-17-14-20(32-25(31-17)36-12-8-27(28,29)9-13-36)24-34-33-23(40-24)19-3-2-18(22(16-37)41(30,38)39)15-21(19)35-10-6-26(4-5-26)7-11-35/h2-3,14-15,22,37H,4-13,16H2,1H3,(H2,30,38,39). The van der Waals surface area contributed by atoms with E-state index in [1.54, 1.807) is 23.1 Å². The highest BCUT2D eigenvalue weighted by Gasteiger charge is 2.44. The molecule has 1 saturated carbocycles. The van der Waals surface area contributed by atoms with Crippen molar-refractivity contribution in [2.45, 2.75) is 56.6 Å². The van der Waals surface area contributed by atoms with Gasteiger partial charge in [-0.05, 0) is 61.8 Å². The van der Waals surface area contributed by atoms with Crippen LogP contribution in [0.25, 0.3) is 21.3 Å². The maximum Gasteiger partial charge on any atom is 0.251 e. The van der Waals surface area contributed by atoms with Crippen LogP contribution in [0.5, 0.6) is 0 Å². The third-order valence-corrected chi connectivity index (χ3v) is 10.8. The minimum absolute atomic E-state index is 0.178. The van der Waals surface area contributed by atoms with Gasteiger partial charge in [0.15, 0.2) is 5.01 Å². The van der Waals surface area contributed by atoms with E-state index in [1.165, 1.54) is 24.2 Å². The van der Waals surface area contributed by atoms with Crippen LogP contribution in [0.15, 0.2) is 24.3 Å². The Hall–Kier alpha value is -2.81. The number of rotatable bonds is 7. The second kappa shape index (κ2) is 10.5. The van der Waals surface area contributed by atoms with Gasteiger partial charge in [-0.1, -0.05) is 17.4 Å². The molecule has 2 aromatic heterocycles. The minimum atomic E-state index is -4.01. The molecule has 14 heteroatoms. The van der Waals surface area contributed by atoms with Crippen molar-refractivity contribution in [3.05, 3.63) is 35.5 Å². The lowest BCUT2D eigenvalue weighted by molar-refractivity contribution is -0.0222. The van der Waals surface area contributed by atoms with Gasteiger partial charge < -0.3 is 14.9 Å². The zero-order chi connectivity index (χ0) is 29.0. The van der Waals surface area contributed by atoms with E-state index < -0.39 is 27.8 Å². The molecule has 41 heavy (non-hydrogen) atoms. The molecule has 1 unspecified atom stereocenters. The summed E-state index contributed by atoms with van der Waals surface area (Å²) >= 11 is 1.35. The maximum absolute atomic E-state index is 13.7. The van der Waals surface area contributed by atoms with E-state index in [4.69, 9.17) is 5.14 Å². The first-order valence-corrected chi connectivity index (χ1v) is 16.2. The maximum atomic E-state index is 13.7. The molecule has 1 aliphatic carbocycles. The number of aliphatic hydroxyl groups excluding tert-OH is 1. The van der Waals surface area contributed by atoms with E-state index in [-0.39, 0.29) is 25.9 Å². The Morgan fingerprint density at radius 3 is 2.27 bits per heavy atom. The van der Waals surface area contributed by atoms with E-state index in [9.17, 15) is 22.3 Å². The Bertz CT molecular complexity index is 1540. The second-order valence-corrected chi connectivity index (χ2v) is 14.2. The fraction of sp³-hybridized carbons (Fsp3) is 0.556. The number of aromatic nitrogens is 4. The molecule has 3 N–H and O–H groups in total. The zero-order valence-corrected chi connectivity index (χ0v) is 24.4. The number of hydrogen-bond donors (Lipinski definition) is 2. The molecule has 3 aromatic rings. The van der Waals surface area contributed by atoms with Crippen molar-refractivity contribution in [3.8, 4) is 21.3 Å². The van der Waals surface area contributed by atoms with Gasteiger partial charge in [0, 0.05) is 56.0 Å². The summed E-state index contributed by atoms with van der Waals surface area (Å²) in [6.45, 7) is 3.25. The third-order valence-electron chi connectivity index (χ3n) is 8.57. The van der Waals surface area contributed by atoms with Crippen molar-refractivity contribution >= 4 is 33.0 Å². The number of hydrogen-bond acceptors (Lipinski definition) is 10. The molecule has 220 valence electrons. The van der Waals surface area contributed by atoms with Gasteiger partial charge in [-0.25, -0.2) is 32.3 Å². The van der Waals surface area contributed by atoms with Gasteiger partial charge in [-0.15, -0.1) is 10.2 Å². The number of anilines is 2. The number of piperidine rings is 2. The molecule has 2 saturated heterocycles. The number of aryl methyl sites for hydroxylation is 1. The number of nitrogens with two attached hydrogens (primary N) is 1. The number of nitrogens with zero attached hydrogens (tertiary/aromatic N) is 6. The molecule has 4 heterocycles. The highest BCUT2D eigenvalue weighted by Crippen LogP contribution is 2.54. The van der Waals surface area contributed by atoms with Gasteiger partial charge in [0.05, 0.1) is 6.61 Å². The minimum Gasteiger partial charge on any atom is -0.395 e. The Morgan fingerprint density at radius 2 is 1.63 bits per heavy atom.